The van der Waals surface area contributed by atoms with E-state index < -0.39 is 0 Å². The Bertz CT molecular complexity index is 653. The van der Waals surface area contributed by atoms with Crippen molar-refractivity contribution in [2.24, 2.45) is 5.92 Å². The van der Waals surface area contributed by atoms with E-state index in [-0.39, 0.29) is 17.5 Å². The molecule has 1 unspecified atom stereocenters. The van der Waals surface area contributed by atoms with Gasteiger partial charge in [-0.25, -0.2) is 0 Å². The van der Waals surface area contributed by atoms with Gasteiger partial charge >= 0.3 is 0 Å². The Morgan fingerprint density at radius 3 is 2.77 bits per heavy atom. The molecule has 0 fully saturated rings. The average molecular weight is 300 g/mol. The SMILES string of the molecule is COC1=C(OC)CC(C=CC(=O)c2cc(C)ccc2O)C=C1. The predicted octanol–water partition coefficient (Wildman–Crippen LogP) is 3.52. The lowest BCUT2D eigenvalue weighted by Crippen LogP contribution is -2.07. The summed E-state index contributed by atoms with van der Waals surface area (Å²) < 4.78 is 10.5. The molecule has 1 aliphatic rings. The fourth-order valence-electron chi connectivity index (χ4n) is 2.33. The number of carbonyl (C=O) groups is 1. The minimum Gasteiger partial charge on any atom is -0.507 e. The van der Waals surface area contributed by atoms with Crippen molar-refractivity contribution in [2.75, 3.05) is 14.2 Å². The summed E-state index contributed by atoms with van der Waals surface area (Å²) in [6.07, 6.45) is 7.74. The van der Waals surface area contributed by atoms with Crippen LogP contribution in [0.15, 0.2) is 54.0 Å². The van der Waals surface area contributed by atoms with Crippen LogP contribution in [0.3, 0.4) is 0 Å². The van der Waals surface area contributed by atoms with Gasteiger partial charge < -0.3 is 14.6 Å². The molecule has 0 heterocycles. The molecule has 1 atom stereocenters. The van der Waals surface area contributed by atoms with Crippen molar-refractivity contribution in [3.8, 4) is 5.75 Å². The molecule has 0 bridgehead atoms. The average Bonchev–Trinajstić information content (AvgIpc) is 2.54. The van der Waals surface area contributed by atoms with Crippen molar-refractivity contribution in [1.29, 1.82) is 0 Å². The smallest absolute Gasteiger partial charge is 0.189 e. The number of methoxy groups -OCH3 is 2. The molecule has 0 aliphatic heterocycles. The van der Waals surface area contributed by atoms with Gasteiger partial charge in [-0.1, -0.05) is 23.8 Å². The molecular formula is C18H20O4. The van der Waals surface area contributed by atoms with Gasteiger partial charge in [-0.15, -0.1) is 0 Å². The van der Waals surface area contributed by atoms with E-state index in [0.717, 1.165) is 11.3 Å². The Balaban J connectivity index is 2.10. The molecule has 0 aromatic heterocycles. The maximum absolute atomic E-state index is 12.2. The second kappa shape index (κ2) is 6.98. The van der Waals surface area contributed by atoms with Gasteiger partial charge in [0.1, 0.15) is 11.5 Å². The standard InChI is InChI=1S/C18H20O4/c1-12-4-7-15(19)14(10-12)16(20)8-5-13-6-9-17(21-2)18(11-13)22-3/h4-10,13,19H,11H2,1-3H3. The number of allylic oxidation sites excluding steroid dienone is 5. The lowest BCUT2D eigenvalue weighted by Gasteiger charge is -2.18. The number of carbonyl (C=O) groups excluding carboxylic acids is 1. The molecule has 0 amide bonds. The van der Waals surface area contributed by atoms with Gasteiger partial charge in [-0.3, -0.25) is 4.79 Å². The summed E-state index contributed by atoms with van der Waals surface area (Å²) in [5.74, 6) is 1.30. The first-order valence-corrected chi connectivity index (χ1v) is 7.06. The Morgan fingerprint density at radius 2 is 2.09 bits per heavy atom. The molecule has 1 N–H and O–H groups in total. The van der Waals surface area contributed by atoms with E-state index in [2.05, 4.69) is 0 Å². The lowest BCUT2D eigenvalue weighted by atomic mass is 9.96. The van der Waals surface area contributed by atoms with Gasteiger partial charge in [0.15, 0.2) is 11.5 Å². The van der Waals surface area contributed by atoms with Crippen LogP contribution >= 0.6 is 0 Å². The summed E-state index contributed by atoms with van der Waals surface area (Å²) in [5, 5.41) is 9.78. The maximum Gasteiger partial charge on any atom is 0.189 e. The summed E-state index contributed by atoms with van der Waals surface area (Å²) in [6, 6.07) is 4.98. The molecule has 1 aliphatic carbocycles. The van der Waals surface area contributed by atoms with E-state index in [4.69, 9.17) is 9.47 Å². The van der Waals surface area contributed by atoms with E-state index in [1.54, 1.807) is 26.4 Å². The number of ketones is 1. The predicted molar refractivity (Wildman–Crippen MR) is 84.6 cm³/mol. The van der Waals surface area contributed by atoms with Crippen LogP contribution in [0.4, 0.5) is 0 Å². The van der Waals surface area contributed by atoms with Crippen molar-refractivity contribution in [2.45, 2.75) is 13.3 Å². The van der Waals surface area contributed by atoms with Gasteiger partial charge in [0.25, 0.3) is 0 Å². The van der Waals surface area contributed by atoms with Crippen LogP contribution in [-0.2, 0) is 9.47 Å². The number of phenolic OH excluding ortho intramolecular Hbond substituents is 1. The van der Waals surface area contributed by atoms with Crippen LogP contribution < -0.4 is 0 Å². The quantitative estimate of drug-likeness (QED) is 0.667. The van der Waals surface area contributed by atoms with Crippen LogP contribution in [-0.4, -0.2) is 25.1 Å². The van der Waals surface area contributed by atoms with Crippen molar-refractivity contribution in [1.82, 2.24) is 0 Å². The van der Waals surface area contributed by atoms with Crippen LogP contribution in [0.1, 0.15) is 22.3 Å². The number of hydrogen-bond acceptors (Lipinski definition) is 4. The molecule has 0 radical (unpaired) electrons. The van der Waals surface area contributed by atoms with Crippen molar-refractivity contribution in [3.05, 3.63) is 65.1 Å². The van der Waals surface area contributed by atoms with Crippen LogP contribution in [0.2, 0.25) is 0 Å². The highest BCUT2D eigenvalue weighted by Gasteiger charge is 2.16. The highest BCUT2D eigenvalue weighted by atomic mass is 16.5. The number of benzene rings is 1. The van der Waals surface area contributed by atoms with Gasteiger partial charge in [-0.2, -0.15) is 0 Å². The third kappa shape index (κ3) is 3.58. The monoisotopic (exact) mass is 300 g/mol. The number of phenols is 1. The first kappa shape index (κ1) is 15.9. The zero-order chi connectivity index (χ0) is 16.1. The highest BCUT2D eigenvalue weighted by molar-refractivity contribution is 6.06. The Morgan fingerprint density at radius 1 is 1.32 bits per heavy atom. The molecule has 4 nitrogen and oxygen atoms in total. The summed E-state index contributed by atoms with van der Waals surface area (Å²) in [6.45, 7) is 1.88. The van der Waals surface area contributed by atoms with E-state index >= 15 is 0 Å². The topological polar surface area (TPSA) is 55.8 Å². The van der Waals surface area contributed by atoms with Gasteiger partial charge in [0.2, 0.25) is 0 Å². The maximum atomic E-state index is 12.2. The Kier molecular flexibility index (Phi) is 5.04. The highest BCUT2D eigenvalue weighted by Crippen LogP contribution is 2.26. The molecule has 22 heavy (non-hydrogen) atoms. The molecule has 1 aromatic rings. The second-order valence-corrected chi connectivity index (χ2v) is 5.17. The Labute approximate surface area is 130 Å². The van der Waals surface area contributed by atoms with E-state index in [1.165, 1.54) is 12.1 Å². The molecule has 0 saturated heterocycles. The molecular weight excluding hydrogens is 280 g/mol. The summed E-state index contributed by atoms with van der Waals surface area (Å²) >= 11 is 0. The van der Waals surface area contributed by atoms with E-state index in [1.807, 2.05) is 25.2 Å². The molecule has 0 spiro atoms. The normalized spacial score (nSPS) is 17.9. The van der Waals surface area contributed by atoms with Crippen molar-refractivity contribution < 1.29 is 19.4 Å². The first-order valence-electron chi connectivity index (χ1n) is 7.06. The fourth-order valence-corrected chi connectivity index (χ4v) is 2.33. The fraction of sp³-hybridized carbons (Fsp3) is 0.278. The van der Waals surface area contributed by atoms with Gasteiger partial charge in [0.05, 0.1) is 19.8 Å². The minimum absolute atomic E-state index is 0.00131. The number of aromatic hydroxyl groups is 1. The van der Waals surface area contributed by atoms with Gasteiger partial charge in [-0.05, 0) is 31.2 Å². The lowest BCUT2D eigenvalue weighted by molar-refractivity contribution is 0.104. The summed E-state index contributed by atoms with van der Waals surface area (Å²) in [7, 11) is 3.20. The zero-order valence-electron chi connectivity index (χ0n) is 13.0. The zero-order valence-corrected chi connectivity index (χ0v) is 13.0. The molecule has 116 valence electrons. The largest absolute Gasteiger partial charge is 0.507 e. The molecule has 2 rings (SSSR count). The van der Waals surface area contributed by atoms with E-state index in [0.29, 0.717) is 17.7 Å². The number of aryl methyl sites for hydroxylation is 1. The van der Waals surface area contributed by atoms with Crippen molar-refractivity contribution >= 4 is 5.78 Å². The third-order valence-electron chi connectivity index (χ3n) is 3.57. The number of hydrogen-bond donors (Lipinski definition) is 1. The van der Waals surface area contributed by atoms with Crippen LogP contribution in [0.25, 0.3) is 0 Å². The van der Waals surface area contributed by atoms with E-state index in [9.17, 15) is 9.90 Å². The van der Waals surface area contributed by atoms with Gasteiger partial charge in [0, 0.05) is 12.3 Å². The molecule has 1 aromatic carbocycles. The molecule has 0 saturated carbocycles. The summed E-state index contributed by atoms with van der Waals surface area (Å²) in [4.78, 5) is 12.2. The van der Waals surface area contributed by atoms with Crippen molar-refractivity contribution in [3.63, 3.8) is 0 Å². The van der Waals surface area contributed by atoms with Crippen LogP contribution in [0, 0.1) is 12.8 Å². The molecule has 4 heteroatoms. The third-order valence-corrected chi connectivity index (χ3v) is 3.57. The van der Waals surface area contributed by atoms with Crippen LogP contribution in [0.5, 0.6) is 5.75 Å². The summed E-state index contributed by atoms with van der Waals surface area (Å²) in [5.41, 5.74) is 1.25. The first-order chi connectivity index (χ1) is 10.5. The minimum atomic E-state index is -0.213. The second-order valence-electron chi connectivity index (χ2n) is 5.17. The Hall–Kier alpha value is -2.49. The number of ether oxygens (including phenoxy) is 2. The number of rotatable bonds is 5.